The SMILES string of the molecule is CCN(C)C=Nc1cc(C)c(Cc2nc(C3CC3)cs2)cc1C. The molecule has 0 aliphatic heterocycles. The van der Waals surface area contributed by atoms with Gasteiger partial charge in [-0.3, -0.25) is 0 Å². The third kappa shape index (κ3) is 3.99. The van der Waals surface area contributed by atoms with E-state index in [-0.39, 0.29) is 0 Å². The third-order valence-electron chi connectivity index (χ3n) is 4.45. The maximum atomic E-state index is 4.81. The van der Waals surface area contributed by atoms with Crippen molar-refractivity contribution in [1.29, 1.82) is 0 Å². The van der Waals surface area contributed by atoms with Gasteiger partial charge in [0.2, 0.25) is 0 Å². The van der Waals surface area contributed by atoms with Gasteiger partial charge >= 0.3 is 0 Å². The summed E-state index contributed by atoms with van der Waals surface area (Å²) < 4.78 is 0. The second kappa shape index (κ2) is 6.83. The highest BCUT2D eigenvalue weighted by Crippen LogP contribution is 2.40. The zero-order chi connectivity index (χ0) is 16.4. The number of hydrogen-bond donors (Lipinski definition) is 0. The molecule has 0 radical (unpaired) electrons. The molecule has 1 aliphatic carbocycles. The first-order chi connectivity index (χ1) is 11.1. The molecule has 3 nitrogen and oxygen atoms in total. The Kier molecular flexibility index (Phi) is 4.81. The Bertz CT molecular complexity index is 713. The van der Waals surface area contributed by atoms with E-state index in [1.54, 1.807) is 11.3 Å². The van der Waals surface area contributed by atoms with Crippen LogP contribution in [0.3, 0.4) is 0 Å². The van der Waals surface area contributed by atoms with Gasteiger partial charge in [0.1, 0.15) is 0 Å². The Morgan fingerprint density at radius 1 is 1.30 bits per heavy atom. The van der Waals surface area contributed by atoms with Gasteiger partial charge in [-0.05, 0) is 56.4 Å². The number of nitrogens with zero attached hydrogens (tertiary/aromatic N) is 3. The van der Waals surface area contributed by atoms with Gasteiger partial charge in [0.15, 0.2) is 0 Å². The fraction of sp³-hybridized carbons (Fsp3) is 0.474. The average molecular weight is 327 g/mol. The summed E-state index contributed by atoms with van der Waals surface area (Å²) in [6.07, 6.45) is 5.48. The summed E-state index contributed by atoms with van der Waals surface area (Å²) in [7, 11) is 2.04. The molecule has 0 bridgehead atoms. The molecule has 1 aliphatic rings. The van der Waals surface area contributed by atoms with E-state index in [0.29, 0.717) is 0 Å². The molecule has 1 aromatic carbocycles. The lowest BCUT2D eigenvalue weighted by atomic mass is 10.0. The molecule has 0 N–H and O–H groups in total. The lowest BCUT2D eigenvalue weighted by Gasteiger charge is -2.11. The smallest absolute Gasteiger partial charge is 0.0972 e. The fourth-order valence-corrected chi connectivity index (χ4v) is 3.47. The normalized spacial score (nSPS) is 14.6. The van der Waals surface area contributed by atoms with E-state index in [2.05, 4.69) is 48.2 Å². The number of hydrogen-bond acceptors (Lipinski definition) is 3. The molecule has 4 heteroatoms. The zero-order valence-electron chi connectivity index (χ0n) is 14.5. The van der Waals surface area contributed by atoms with Crippen LogP contribution in [0.2, 0.25) is 0 Å². The first-order valence-electron chi connectivity index (χ1n) is 8.35. The van der Waals surface area contributed by atoms with E-state index < -0.39 is 0 Å². The molecule has 1 heterocycles. The highest BCUT2D eigenvalue weighted by molar-refractivity contribution is 7.09. The predicted molar refractivity (Wildman–Crippen MR) is 99.3 cm³/mol. The molecule has 0 atom stereocenters. The standard InChI is InChI=1S/C19H25N3S/c1-5-22(4)12-20-17-9-13(2)16(8-14(17)3)10-19-21-18(11-23-19)15-6-7-15/h8-9,11-12,15H,5-7,10H2,1-4H3. The van der Waals surface area contributed by atoms with Gasteiger partial charge in [-0.1, -0.05) is 6.07 Å². The fourth-order valence-electron chi connectivity index (χ4n) is 2.57. The van der Waals surface area contributed by atoms with Gasteiger partial charge in [-0.15, -0.1) is 11.3 Å². The van der Waals surface area contributed by atoms with Crippen molar-refractivity contribution in [3.8, 4) is 0 Å². The molecule has 1 saturated carbocycles. The van der Waals surface area contributed by atoms with Crippen LogP contribution < -0.4 is 0 Å². The van der Waals surface area contributed by atoms with Gasteiger partial charge in [0.05, 0.1) is 22.7 Å². The van der Waals surface area contributed by atoms with Crippen LogP contribution in [0.1, 0.15) is 53.1 Å². The molecule has 2 aromatic rings. The van der Waals surface area contributed by atoms with Crippen LogP contribution in [-0.4, -0.2) is 29.8 Å². The maximum Gasteiger partial charge on any atom is 0.0972 e. The summed E-state index contributed by atoms with van der Waals surface area (Å²) in [4.78, 5) is 11.5. The van der Waals surface area contributed by atoms with E-state index in [4.69, 9.17) is 4.98 Å². The number of benzene rings is 1. The number of aromatic nitrogens is 1. The zero-order valence-corrected chi connectivity index (χ0v) is 15.3. The van der Waals surface area contributed by atoms with Crippen molar-refractivity contribution in [2.75, 3.05) is 13.6 Å². The molecule has 23 heavy (non-hydrogen) atoms. The second-order valence-corrected chi connectivity index (χ2v) is 7.44. The Hall–Kier alpha value is -1.68. The molecule has 1 aromatic heterocycles. The summed E-state index contributed by atoms with van der Waals surface area (Å²) in [5, 5.41) is 3.48. The minimum absolute atomic E-state index is 0.745. The van der Waals surface area contributed by atoms with Crippen LogP contribution in [-0.2, 0) is 6.42 Å². The molecule has 3 rings (SSSR count). The lowest BCUT2D eigenvalue weighted by Crippen LogP contribution is -2.14. The minimum atomic E-state index is 0.745. The molecular weight excluding hydrogens is 302 g/mol. The summed E-state index contributed by atoms with van der Waals surface area (Å²) >= 11 is 1.80. The topological polar surface area (TPSA) is 28.5 Å². The van der Waals surface area contributed by atoms with Crippen molar-refractivity contribution in [2.24, 2.45) is 4.99 Å². The van der Waals surface area contributed by atoms with Crippen LogP contribution in [0.4, 0.5) is 5.69 Å². The van der Waals surface area contributed by atoms with Gasteiger partial charge in [-0.2, -0.15) is 0 Å². The molecule has 122 valence electrons. The van der Waals surface area contributed by atoms with Crippen molar-refractivity contribution >= 4 is 23.4 Å². The highest BCUT2D eigenvalue weighted by atomic mass is 32.1. The van der Waals surface area contributed by atoms with E-state index in [9.17, 15) is 0 Å². The lowest BCUT2D eigenvalue weighted by molar-refractivity contribution is 0.552. The summed E-state index contributed by atoms with van der Waals surface area (Å²) in [5.41, 5.74) is 6.25. The minimum Gasteiger partial charge on any atom is -0.366 e. The predicted octanol–water partition coefficient (Wildman–Crippen LogP) is 4.84. The van der Waals surface area contributed by atoms with E-state index in [0.717, 1.165) is 24.6 Å². The van der Waals surface area contributed by atoms with E-state index in [1.165, 1.54) is 40.2 Å². The molecule has 0 amide bonds. The van der Waals surface area contributed by atoms with Crippen molar-refractivity contribution in [2.45, 2.75) is 46.0 Å². The second-order valence-electron chi connectivity index (χ2n) is 6.50. The molecular formula is C19H25N3S. The van der Waals surface area contributed by atoms with E-state index in [1.807, 2.05) is 13.4 Å². The van der Waals surface area contributed by atoms with Gasteiger partial charge in [0, 0.05) is 31.3 Å². The van der Waals surface area contributed by atoms with Crippen LogP contribution in [0.25, 0.3) is 0 Å². The van der Waals surface area contributed by atoms with Crippen LogP contribution in [0.15, 0.2) is 22.5 Å². The molecule has 1 fully saturated rings. The average Bonchev–Trinajstić information content (AvgIpc) is 3.29. The molecule has 0 spiro atoms. The van der Waals surface area contributed by atoms with Gasteiger partial charge < -0.3 is 4.90 Å². The van der Waals surface area contributed by atoms with Crippen LogP contribution in [0, 0.1) is 13.8 Å². The Morgan fingerprint density at radius 3 is 2.78 bits per heavy atom. The van der Waals surface area contributed by atoms with Crippen LogP contribution >= 0.6 is 11.3 Å². The van der Waals surface area contributed by atoms with E-state index >= 15 is 0 Å². The summed E-state index contributed by atoms with van der Waals surface area (Å²) in [6.45, 7) is 7.40. The van der Waals surface area contributed by atoms with Gasteiger partial charge in [0.25, 0.3) is 0 Å². The van der Waals surface area contributed by atoms with Crippen LogP contribution in [0.5, 0.6) is 0 Å². The maximum absolute atomic E-state index is 4.81. The first kappa shape index (κ1) is 16.2. The number of aryl methyl sites for hydroxylation is 2. The summed E-state index contributed by atoms with van der Waals surface area (Å²) in [6, 6.07) is 4.46. The quantitative estimate of drug-likeness (QED) is 0.561. The number of aliphatic imine (C=N–C) groups is 1. The molecule has 0 unspecified atom stereocenters. The Balaban J connectivity index is 1.77. The Morgan fingerprint density at radius 2 is 2.09 bits per heavy atom. The summed E-state index contributed by atoms with van der Waals surface area (Å²) in [5.74, 6) is 0.745. The first-order valence-corrected chi connectivity index (χ1v) is 9.23. The molecule has 0 saturated heterocycles. The van der Waals surface area contributed by atoms with Crippen molar-refractivity contribution in [3.63, 3.8) is 0 Å². The Labute approximate surface area is 143 Å². The number of thiazole rings is 1. The van der Waals surface area contributed by atoms with Crippen molar-refractivity contribution in [3.05, 3.63) is 44.9 Å². The van der Waals surface area contributed by atoms with Crippen molar-refractivity contribution < 1.29 is 0 Å². The largest absolute Gasteiger partial charge is 0.366 e. The number of rotatable bonds is 6. The van der Waals surface area contributed by atoms with Gasteiger partial charge in [-0.25, -0.2) is 9.98 Å². The third-order valence-corrected chi connectivity index (χ3v) is 5.32. The monoisotopic (exact) mass is 327 g/mol. The highest BCUT2D eigenvalue weighted by Gasteiger charge is 2.26. The van der Waals surface area contributed by atoms with Crippen molar-refractivity contribution in [1.82, 2.24) is 9.88 Å².